The summed E-state index contributed by atoms with van der Waals surface area (Å²) in [6.07, 6.45) is 1.95. The maximum Gasteiger partial charge on any atom is 0.322 e. The van der Waals surface area contributed by atoms with E-state index in [2.05, 4.69) is 0 Å². The average molecular weight is 281 g/mol. The van der Waals surface area contributed by atoms with Crippen molar-refractivity contribution in [1.29, 1.82) is 0 Å². The van der Waals surface area contributed by atoms with E-state index in [-0.39, 0.29) is 13.0 Å². The zero-order valence-electron chi connectivity index (χ0n) is 10.5. The Morgan fingerprint density at radius 3 is 2.17 bits per heavy atom. The molecular weight excluding hydrogens is 262 g/mol. The lowest BCUT2D eigenvalue weighted by Gasteiger charge is -2.26. The third-order valence-electron chi connectivity index (χ3n) is 2.44. The molecule has 0 bridgehead atoms. The van der Waals surface area contributed by atoms with Gasteiger partial charge in [0.15, 0.2) is 0 Å². The van der Waals surface area contributed by atoms with Crippen molar-refractivity contribution in [3.63, 3.8) is 0 Å². The molecule has 1 atom stereocenters. The number of hydrogen-bond acceptors (Lipinski definition) is 4. The first-order chi connectivity index (χ1) is 8.20. The SMILES string of the molecule is CCCCC(C(=O)O)N(CCC(=O)O)S(C)(=O)=O. The molecule has 0 radical (unpaired) electrons. The Labute approximate surface area is 106 Å². The molecule has 1 unspecified atom stereocenters. The van der Waals surface area contributed by atoms with E-state index in [4.69, 9.17) is 10.2 Å². The van der Waals surface area contributed by atoms with Crippen LogP contribution in [0.4, 0.5) is 0 Å². The number of rotatable bonds is 9. The molecule has 0 aliphatic heterocycles. The quantitative estimate of drug-likeness (QED) is 0.631. The number of unbranched alkanes of at least 4 members (excludes halogenated alkanes) is 1. The van der Waals surface area contributed by atoms with Crippen LogP contribution in [0.1, 0.15) is 32.6 Å². The zero-order valence-corrected chi connectivity index (χ0v) is 11.3. The van der Waals surface area contributed by atoms with Gasteiger partial charge in [0.1, 0.15) is 6.04 Å². The van der Waals surface area contributed by atoms with Gasteiger partial charge in [-0.1, -0.05) is 19.8 Å². The average Bonchev–Trinajstić information content (AvgIpc) is 2.19. The third kappa shape index (κ3) is 5.97. The highest BCUT2D eigenvalue weighted by atomic mass is 32.2. The first kappa shape index (κ1) is 16.9. The molecule has 0 spiro atoms. The summed E-state index contributed by atoms with van der Waals surface area (Å²) in [5, 5.41) is 17.6. The van der Waals surface area contributed by atoms with Crippen molar-refractivity contribution in [3.05, 3.63) is 0 Å². The van der Waals surface area contributed by atoms with Crippen molar-refractivity contribution >= 4 is 22.0 Å². The Morgan fingerprint density at radius 2 is 1.83 bits per heavy atom. The first-order valence-corrected chi connectivity index (χ1v) is 7.46. The minimum absolute atomic E-state index is 0.179. The van der Waals surface area contributed by atoms with E-state index >= 15 is 0 Å². The predicted molar refractivity (Wildman–Crippen MR) is 64.8 cm³/mol. The van der Waals surface area contributed by atoms with Crippen LogP contribution in [-0.4, -0.2) is 53.7 Å². The van der Waals surface area contributed by atoms with Crippen molar-refractivity contribution in [3.8, 4) is 0 Å². The van der Waals surface area contributed by atoms with Crippen LogP contribution in [0.5, 0.6) is 0 Å². The van der Waals surface area contributed by atoms with Crippen LogP contribution >= 0.6 is 0 Å². The zero-order chi connectivity index (χ0) is 14.3. The molecule has 8 heteroatoms. The van der Waals surface area contributed by atoms with E-state index < -0.39 is 34.4 Å². The fourth-order valence-electron chi connectivity index (χ4n) is 1.55. The highest BCUT2D eigenvalue weighted by molar-refractivity contribution is 7.88. The minimum atomic E-state index is -3.75. The number of aliphatic carboxylic acids is 2. The van der Waals surface area contributed by atoms with Gasteiger partial charge < -0.3 is 10.2 Å². The summed E-state index contributed by atoms with van der Waals surface area (Å²) in [7, 11) is -3.75. The smallest absolute Gasteiger partial charge is 0.322 e. The highest BCUT2D eigenvalue weighted by Crippen LogP contribution is 2.14. The van der Waals surface area contributed by atoms with Crippen LogP contribution in [-0.2, 0) is 19.6 Å². The monoisotopic (exact) mass is 281 g/mol. The number of carbonyl (C=O) groups is 2. The topological polar surface area (TPSA) is 112 Å². The Hall–Kier alpha value is -1.15. The van der Waals surface area contributed by atoms with Gasteiger partial charge in [-0.05, 0) is 6.42 Å². The summed E-state index contributed by atoms with van der Waals surface area (Å²) in [6.45, 7) is 1.54. The van der Waals surface area contributed by atoms with Crippen molar-refractivity contribution in [2.45, 2.75) is 38.6 Å². The van der Waals surface area contributed by atoms with Gasteiger partial charge in [-0.3, -0.25) is 9.59 Å². The molecule has 0 aromatic heterocycles. The lowest BCUT2D eigenvalue weighted by Crippen LogP contribution is -2.45. The van der Waals surface area contributed by atoms with E-state index in [0.717, 1.165) is 17.0 Å². The van der Waals surface area contributed by atoms with Crippen molar-refractivity contribution in [1.82, 2.24) is 4.31 Å². The summed E-state index contributed by atoms with van der Waals surface area (Å²) >= 11 is 0. The van der Waals surface area contributed by atoms with Crippen LogP contribution in [0.3, 0.4) is 0 Å². The molecule has 0 aliphatic carbocycles. The summed E-state index contributed by atoms with van der Waals surface area (Å²) in [5.41, 5.74) is 0. The second-order valence-corrected chi connectivity index (χ2v) is 5.95. The number of carboxylic acid groups (broad SMARTS) is 2. The normalized spacial score (nSPS) is 13.5. The fourth-order valence-corrected chi connectivity index (χ4v) is 2.63. The van der Waals surface area contributed by atoms with Gasteiger partial charge in [0.05, 0.1) is 12.7 Å². The van der Waals surface area contributed by atoms with Crippen LogP contribution in [0.2, 0.25) is 0 Å². The van der Waals surface area contributed by atoms with Crippen molar-refractivity contribution in [2.24, 2.45) is 0 Å². The van der Waals surface area contributed by atoms with Gasteiger partial charge in [0.2, 0.25) is 10.0 Å². The van der Waals surface area contributed by atoms with Crippen LogP contribution < -0.4 is 0 Å². The van der Waals surface area contributed by atoms with Crippen LogP contribution in [0.25, 0.3) is 0 Å². The maximum absolute atomic E-state index is 11.5. The third-order valence-corrected chi connectivity index (χ3v) is 3.72. The molecule has 0 aromatic rings. The predicted octanol–water partition coefficient (Wildman–Crippen LogP) is 0.366. The molecule has 106 valence electrons. The summed E-state index contributed by atoms with van der Waals surface area (Å²) < 4.78 is 23.8. The summed E-state index contributed by atoms with van der Waals surface area (Å²) in [4.78, 5) is 21.6. The summed E-state index contributed by atoms with van der Waals surface area (Å²) in [5.74, 6) is -2.41. The van der Waals surface area contributed by atoms with E-state index in [0.29, 0.717) is 6.42 Å². The lowest BCUT2D eigenvalue weighted by molar-refractivity contribution is -0.143. The van der Waals surface area contributed by atoms with Crippen LogP contribution in [0.15, 0.2) is 0 Å². The van der Waals surface area contributed by atoms with Gasteiger partial charge in [-0.15, -0.1) is 0 Å². The van der Waals surface area contributed by atoms with E-state index in [9.17, 15) is 18.0 Å². The lowest BCUT2D eigenvalue weighted by atomic mass is 10.1. The molecule has 0 saturated heterocycles. The fraction of sp³-hybridized carbons (Fsp3) is 0.800. The highest BCUT2D eigenvalue weighted by Gasteiger charge is 2.31. The molecule has 0 amide bonds. The van der Waals surface area contributed by atoms with Crippen molar-refractivity contribution < 1.29 is 28.2 Å². The van der Waals surface area contributed by atoms with Gasteiger partial charge in [-0.25, -0.2) is 8.42 Å². The maximum atomic E-state index is 11.5. The molecular formula is C10H19NO6S. The molecule has 0 fully saturated rings. The Bertz CT molecular complexity index is 391. The molecule has 7 nitrogen and oxygen atoms in total. The first-order valence-electron chi connectivity index (χ1n) is 5.61. The number of sulfonamides is 1. The molecule has 0 rings (SSSR count). The minimum Gasteiger partial charge on any atom is -0.481 e. The second kappa shape index (κ2) is 7.32. The van der Waals surface area contributed by atoms with Crippen LogP contribution in [0, 0.1) is 0 Å². The van der Waals surface area contributed by atoms with Gasteiger partial charge in [0, 0.05) is 6.54 Å². The number of carboxylic acids is 2. The molecule has 18 heavy (non-hydrogen) atoms. The largest absolute Gasteiger partial charge is 0.481 e. The van der Waals surface area contributed by atoms with E-state index in [1.54, 1.807) is 0 Å². The van der Waals surface area contributed by atoms with Gasteiger partial charge >= 0.3 is 11.9 Å². The Morgan fingerprint density at radius 1 is 1.28 bits per heavy atom. The molecule has 0 aliphatic rings. The standard InChI is InChI=1S/C10H19NO6S/c1-3-4-5-8(10(14)15)11(18(2,16)17)7-6-9(12)13/h8H,3-7H2,1-2H3,(H,12,13)(H,14,15). The number of hydrogen-bond donors (Lipinski definition) is 2. The molecule has 2 N–H and O–H groups in total. The van der Waals surface area contributed by atoms with Gasteiger partial charge in [-0.2, -0.15) is 4.31 Å². The second-order valence-electron chi connectivity index (χ2n) is 4.01. The number of nitrogens with zero attached hydrogens (tertiary/aromatic N) is 1. The Balaban J connectivity index is 4.99. The molecule has 0 saturated carbocycles. The molecule has 0 heterocycles. The van der Waals surface area contributed by atoms with E-state index in [1.165, 1.54) is 0 Å². The Kier molecular flexibility index (Phi) is 6.85. The van der Waals surface area contributed by atoms with Crippen molar-refractivity contribution in [2.75, 3.05) is 12.8 Å². The molecule has 0 aromatic carbocycles. The van der Waals surface area contributed by atoms with E-state index in [1.807, 2.05) is 6.92 Å². The van der Waals surface area contributed by atoms with Gasteiger partial charge in [0.25, 0.3) is 0 Å². The summed E-state index contributed by atoms with van der Waals surface area (Å²) in [6, 6.07) is -1.20.